The van der Waals surface area contributed by atoms with E-state index in [2.05, 4.69) is 28.2 Å². The van der Waals surface area contributed by atoms with Crippen molar-refractivity contribution in [3.05, 3.63) is 29.8 Å². The number of anilines is 1. The molecule has 14 heteroatoms. The van der Waals surface area contributed by atoms with Gasteiger partial charge in [0, 0.05) is 43.9 Å². The quantitative estimate of drug-likeness (QED) is 0.0578. The number of Topliss-reactive ketones (excluding diaryl/α,β-unsaturated/α-hetero) is 2. The van der Waals surface area contributed by atoms with E-state index in [4.69, 9.17) is 20.3 Å². The molecule has 48 heavy (non-hydrogen) atoms. The number of likely N-dealkylation sites (N-methyl/N-ethyl adjacent to an activating group) is 1. The molecule has 2 rings (SSSR count). The van der Waals surface area contributed by atoms with Crippen molar-refractivity contribution in [2.45, 2.75) is 89.4 Å². The van der Waals surface area contributed by atoms with Crippen LogP contribution in [0.4, 0.5) is 5.69 Å². The molecule has 1 heterocycles. The average Bonchev–Trinajstić information content (AvgIpc) is 3.72. The molecule has 270 valence electrons. The fraction of sp³-hybridized carbons (Fsp3) is 0.676. The van der Waals surface area contributed by atoms with Crippen LogP contribution in [-0.4, -0.2) is 122 Å². The molecule has 2 amide bonds. The molecule has 0 aliphatic carbocycles. The minimum absolute atomic E-state index is 0.0159. The zero-order valence-electron chi connectivity index (χ0n) is 29.2. The molecule has 0 radical (unpaired) electrons. The Morgan fingerprint density at radius 1 is 1.00 bits per heavy atom. The number of nitrogens with two attached hydrogens (primary N) is 1. The Bertz CT molecular complexity index is 1210. The molecule has 1 fully saturated rings. The molecule has 1 aliphatic heterocycles. The summed E-state index contributed by atoms with van der Waals surface area (Å²) in [7, 11) is 1.56. The lowest BCUT2D eigenvalue weighted by Gasteiger charge is -2.29. The maximum atomic E-state index is 12.8. The first-order chi connectivity index (χ1) is 22.7. The van der Waals surface area contributed by atoms with E-state index in [1.54, 1.807) is 33.0 Å². The maximum absolute atomic E-state index is 12.8. The first-order valence-corrected chi connectivity index (χ1v) is 16.8. The van der Waals surface area contributed by atoms with Crippen LogP contribution in [0.25, 0.3) is 0 Å². The fourth-order valence-electron chi connectivity index (χ4n) is 5.19. The monoisotopic (exact) mass is 676 g/mol. The third kappa shape index (κ3) is 13.6. The Balaban J connectivity index is 1.60. The van der Waals surface area contributed by atoms with Gasteiger partial charge in [-0.05, 0) is 84.2 Å². The van der Waals surface area contributed by atoms with Gasteiger partial charge in [-0.15, -0.1) is 0 Å². The number of carboxylic acid groups (broad SMARTS) is 1. The fourth-order valence-corrected chi connectivity index (χ4v) is 5.19. The van der Waals surface area contributed by atoms with Gasteiger partial charge in [0.1, 0.15) is 12.6 Å². The van der Waals surface area contributed by atoms with Crippen LogP contribution in [0.3, 0.4) is 0 Å². The molecule has 0 spiro atoms. The molecular weight excluding hydrogens is 620 g/mol. The summed E-state index contributed by atoms with van der Waals surface area (Å²) in [5.74, 6) is -1.92. The molecular formula is C34H56N6O8. The summed E-state index contributed by atoms with van der Waals surface area (Å²) < 4.78 is 11.1. The summed E-state index contributed by atoms with van der Waals surface area (Å²) in [5, 5.41) is 21.0. The minimum atomic E-state index is -1.05. The van der Waals surface area contributed by atoms with Crippen LogP contribution < -0.4 is 27.0 Å². The van der Waals surface area contributed by atoms with E-state index >= 15 is 0 Å². The van der Waals surface area contributed by atoms with E-state index in [0.717, 1.165) is 18.7 Å². The largest absolute Gasteiger partial charge is 0.480 e. The molecule has 0 bridgehead atoms. The van der Waals surface area contributed by atoms with Gasteiger partial charge in [0.15, 0.2) is 11.6 Å². The number of hydrogen-bond acceptors (Lipinski definition) is 11. The maximum Gasteiger partial charge on any atom is 0.320 e. The van der Waals surface area contributed by atoms with Crippen LogP contribution in [0.2, 0.25) is 0 Å². The van der Waals surface area contributed by atoms with Gasteiger partial charge in [-0.2, -0.15) is 0 Å². The lowest BCUT2D eigenvalue weighted by Crippen LogP contribution is -2.56. The molecule has 4 atom stereocenters. The molecule has 0 aromatic heterocycles. The molecule has 1 aromatic rings. The van der Waals surface area contributed by atoms with Gasteiger partial charge in [0.05, 0.1) is 36.9 Å². The topological polar surface area (TPSA) is 201 Å². The lowest BCUT2D eigenvalue weighted by molar-refractivity contribution is -0.139. The van der Waals surface area contributed by atoms with Crippen molar-refractivity contribution >= 4 is 35.0 Å². The lowest BCUT2D eigenvalue weighted by atomic mass is 9.96. The van der Waals surface area contributed by atoms with Gasteiger partial charge in [0.25, 0.3) is 5.91 Å². The van der Waals surface area contributed by atoms with E-state index < -0.39 is 35.0 Å². The molecule has 1 aromatic carbocycles. The van der Waals surface area contributed by atoms with Crippen molar-refractivity contribution in [1.82, 2.24) is 20.9 Å². The van der Waals surface area contributed by atoms with E-state index in [-0.39, 0.29) is 50.1 Å². The Kier molecular flexibility index (Phi) is 17.1. The second-order valence-electron chi connectivity index (χ2n) is 12.9. The second-order valence-corrected chi connectivity index (χ2v) is 12.9. The van der Waals surface area contributed by atoms with E-state index in [1.807, 2.05) is 24.0 Å². The van der Waals surface area contributed by atoms with Crippen LogP contribution in [-0.2, 0) is 28.7 Å². The standard InChI is InChI=1S/C34H56N6O8/c1-6-16-37-25-12-10-24(11-13-25)31(44)38-17-8-7-9-26(30(35)43)39-33(2,3)29(42)22-48-21-20-47-19-18-40-23-34(40,4)28(41)15-14-27(36-5)32(45)46/h10-13,26-27,36-37,39H,6-9,14-23H2,1-5H3,(H2,35,43)(H,38,44)(H,45,46). The molecule has 1 saturated heterocycles. The van der Waals surface area contributed by atoms with Gasteiger partial charge in [-0.25, -0.2) is 0 Å². The van der Waals surface area contributed by atoms with E-state index in [1.165, 1.54) is 0 Å². The third-order valence-corrected chi connectivity index (χ3v) is 8.62. The van der Waals surface area contributed by atoms with Gasteiger partial charge >= 0.3 is 5.97 Å². The van der Waals surface area contributed by atoms with Crippen LogP contribution in [0.15, 0.2) is 24.3 Å². The van der Waals surface area contributed by atoms with Crippen LogP contribution in [0.5, 0.6) is 0 Å². The highest BCUT2D eigenvalue weighted by Crippen LogP contribution is 2.33. The van der Waals surface area contributed by atoms with Crippen molar-refractivity contribution in [3.8, 4) is 0 Å². The normalized spacial score (nSPS) is 18.5. The highest BCUT2D eigenvalue weighted by molar-refractivity contribution is 5.94. The number of nitrogens with one attached hydrogen (secondary N) is 4. The van der Waals surface area contributed by atoms with E-state index in [9.17, 15) is 24.0 Å². The Morgan fingerprint density at radius 3 is 2.31 bits per heavy atom. The SMILES string of the molecule is CCCNc1ccc(C(=O)NCCCCC(NC(C)(C)C(=O)COCCOCCN2CC2(C)C(=O)CCC(NC)C(=O)O)C(N)=O)cc1. The summed E-state index contributed by atoms with van der Waals surface area (Å²) in [6, 6.07) is 5.84. The van der Waals surface area contributed by atoms with Crippen LogP contribution in [0.1, 0.15) is 76.6 Å². The number of carboxylic acids is 1. The Hall–Kier alpha value is -3.43. The molecule has 7 N–H and O–H groups in total. The van der Waals surface area contributed by atoms with Crippen LogP contribution in [0, 0.1) is 0 Å². The number of amides is 2. The summed E-state index contributed by atoms with van der Waals surface area (Å²) in [6.45, 7) is 10.5. The number of ether oxygens (including phenoxy) is 2. The number of carbonyl (C=O) groups is 5. The first kappa shape index (κ1) is 40.7. The molecule has 1 aliphatic rings. The smallest absolute Gasteiger partial charge is 0.320 e. The second kappa shape index (κ2) is 20.2. The van der Waals surface area contributed by atoms with Gasteiger partial charge in [-0.1, -0.05) is 6.92 Å². The van der Waals surface area contributed by atoms with Crippen molar-refractivity contribution in [2.75, 3.05) is 65.0 Å². The highest BCUT2D eigenvalue weighted by Gasteiger charge is 2.52. The Morgan fingerprint density at radius 2 is 1.69 bits per heavy atom. The number of ketones is 2. The number of carbonyl (C=O) groups excluding carboxylic acids is 4. The highest BCUT2D eigenvalue weighted by atomic mass is 16.5. The molecule has 4 unspecified atom stereocenters. The van der Waals surface area contributed by atoms with Crippen molar-refractivity contribution < 1.29 is 38.6 Å². The predicted molar refractivity (Wildman–Crippen MR) is 183 cm³/mol. The number of hydrogen-bond donors (Lipinski definition) is 6. The van der Waals surface area contributed by atoms with Crippen LogP contribution >= 0.6 is 0 Å². The van der Waals surface area contributed by atoms with Gasteiger partial charge in [0.2, 0.25) is 5.91 Å². The van der Waals surface area contributed by atoms with Crippen molar-refractivity contribution in [2.24, 2.45) is 5.73 Å². The van der Waals surface area contributed by atoms with Gasteiger partial charge < -0.3 is 36.3 Å². The third-order valence-electron chi connectivity index (χ3n) is 8.62. The molecule has 0 saturated carbocycles. The summed E-state index contributed by atoms with van der Waals surface area (Å²) in [4.78, 5) is 63.1. The van der Waals surface area contributed by atoms with Crippen molar-refractivity contribution in [3.63, 3.8) is 0 Å². The summed E-state index contributed by atoms with van der Waals surface area (Å²) in [6.07, 6.45) is 3.11. The first-order valence-electron chi connectivity index (χ1n) is 16.8. The number of benzene rings is 1. The summed E-state index contributed by atoms with van der Waals surface area (Å²) >= 11 is 0. The number of aliphatic carboxylic acids is 1. The summed E-state index contributed by atoms with van der Waals surface area (Å²) in [5.41, 5.74) is 5.52. The number of primary amides is 1. The molecule has 14 nitrogen and oxygen atoms in total. The number of nitrogens with zero attached hydrogens (tertiary/aromatic N) is 1. The predicted octanol–water partition coefficient (Wildman–Crippen LogP) is 1.33. The minimum Gasteiger partial charge on any atom is -0.480 e. The Labute approximate surface area is 284 Å². The van der Waals surface area contributed by atoms with Gasteiger partial charge in [-0.3, -0.25) is 34.2 Å². The number of rotatable bonds is 27. The zero-order chi connectivity index (χ0) is 35.7. The zero-order valence-corrected chi connectivity index (χ0v) is 29.2. The number of unbranched alkanes of at least 4 members (excludes halogenated alkanes) is 1. The average molecular weight is 677 g/mol. The van der Waals surface area contributed by atoms with Crippen molar-refractivity contribution in [1.29, 1.82) is 0 Å². The van der Waals surface area contributed by atoms with E-state index in [0.29, 0.717) is 51.1 Å².